The van der Waals surface area contributed by atoms with Crippen LogP contribution in [0.1, 0.15) is 72.1 Å². The zero-order valence-electron chi connectivity index (χ0n) is 13.6. The lowest BCUT2D eigenvalue weighted by molar-refractivity contribution is -0.0740. The maximum Gasteiger partial charge on any atom is 0.0743 e. The number of aliphatic hydroxyl groups is 1. The van der Waals surface area contributed by atoms with Crippen LogP contribution in [0.2, 0.25) is 0 Å². The Morgan fingerprint density at radius 1 is 1.15 bits per heavy atom. The zero-order valence-corrected chi connectivity index (χ0v) is 13.6. The molecule has 4 saturated carbocycles. The first-order chi connectivity index (χ1) is 9.42. The molecule has 2 heteroatoms. The van der Waals surface area contributed by atoms with Crippen LogP contribution < -0.4 is 5.32 Å². The molecule has 0 saturated heterocycles. The largest absolute Gasteiger partial charge is 0.389 e. The van der Waals surface area contributed by atoms with Crippen molar-refractivity contribution >= 4 is 0 Å². The van der Waals surface area contributed by atoms with Crippen molar-refractivity contribution in [2.45, 2.75) is 83.8 Å². The van der Waals surface area contributed by atoms with E-state index >= 15 is 0 Å². The van der Waals surface area contributed by atoms with E-state index in [2.05, 4.69) is 19.2 Å². The molecule has 4 aliphatic rings. The summed E-state index contributed by atoms with van der Waals surface area (Å²) in [5, 5.41) is 14.1. The van der Waals surface area contributed by atoms with Crippen LogP contribution in [-0.2, 0) is 0 Å². The van der Waals surface area contributed by atoms with E-state index in [9.17, 15) is 5.11 Å². The molecule has 0 aromatic carbocycles. The van der Waals surface area contributed by atoms with E-state index in [1.807, 2.05) is 6.92 Å². The molecule has 4 fully saturated rings. The van der Waals surface area contributed by atoms with E-state index in [-0.39, 0.29) is 0 Å². The fraction of sp³-hybridized carbons (Fsp3) is 1.00. The van der Waals surface area contributed by atoms with Gasteiger partial charge in [-0.05, 0) is 82.0 Å². The standard InChI is InChI=1S/C18H33NO/c1-4-5-17(3,20)12-19-13(2)18-9-14-6-15(10-18)8-16(7-14)11-18/h13-16,19-20H,4-12H2,1-3H3. The number of hydrogen-bond acceptors (Lipinski definition) is 2. The van der Waals surface area contributed by atoms with Crippen LogP contribution >= 0.6 is 0 Å². The van der Waals surface area contributed by atoms with Crippen molar-refractivity contribution in [3.8, 4) is 0 Å². The number of nitrogens with one attached hydrogen (secondary N) is 1. The van der Waals surface area contributed by atoms with Crippen LogP contribution in [0.5, 0.6) is 0 Å². The molecule has 4 bridgehead atoms. The zero-order chi connectivity index (χ0) is 14.4. The Bertz CT molecular complexity index is 314. The summed E-state index contributed by atoms with van der Waals surface area (Å²) in [6.45, 7) is 7.27. The molecule has 0 aromatic heterocycles. The Morgan fingerprint density at radius 3 is 2.10 bits per heavy atom. The third-order valence-electron chi connectivity index (χ3n) is 6.58. The van der Waals surface area contributed by atoms with Gasteiger partial charge in [0, 0.05) is 12.6 Å². The second-order valence-corrected chi connectivity index (χ2v) is 8.63. The Labute approximate surface area is 124 Å². The molecule has 4 rings (SSSR count). The van der Waals surface area contributed by atoms with E-state index < -0.39 is 5.60 Å². The van der Waals surface area contributed by atoms with Gasteiger partial charge in [-0.2, -0.15) is 0 Å². The number of hydrogen-bond donors (Lipinski definition) is 2. The van der Waals surface area contributed by atoms with Gasteiger partial charge in [-0.25, -0.2) is 0 Å². The fourth-order valence-electron chi connectivity index (χ4n) is 5.92. The summed E-state index contributed by atoms with van der Waals surface area (Å²) in [5.74, 6) is 3.05. The molecular formula is C18H33NO. The van der Waals surface area contributed by atoms with Crippen molar-refractivity contribution in [1.82, 2.24) is 5.32 Å². The van der Waals surface area contributed by atoms with Crippen LogP contribution in [-0.4, -0.2) is 23.3 Å². The van der Waals surface area contributed by atoms with Crippen molar-refractivity contribution in [2.75, 3.05) is 6.54 Å². The van der Waals surface area contributed by atoms with Crippen molar-refractivity contribution in [1.29, 1.82) is 0 Å². The first-order valence-electron chi connectivity index (χ1n) is 8.88. The first kappa shape index (κ1) is 14.8. The highest BCUT2D eigenvalue weighted by atomic mass is 16.3. The topological polar surface area (TPSA) is 32.3 Å². The average Bonchev–Trinajstić information content (AvgIpc) is 2.34. The highest BCUT2D eigenvalue weighted by molar-refractivity contribution is 5.05. The van der Waals surface area contributed by atoms with Crippen LogP contribution in [0.25, 0.3) is 0 Å². The maximum absolute atomic E-state index is 10.4. The molecule has 4 aliphatic carbocycles. The highest BCUT2D eigenvalue weighted by Gasteiger charge is 2.53. The smallest absolute Gasteiger partial charge is 0.0743 e. The van der Waals surface area contributed by atoms with Gasteiger partial charge in [-0.1, -0.05) is 13.3 Å². The van der Waals surface area contributed by atoms with Gasteiger partial charge in [0.25, 0.3) is 0 Å². The lowest BCUT2D eigenvalue weighted by Gasteiger charge is -2.59. The number of rotatable bonds is 6. The Morgan fingerprint density at radius 2 is 1.65 bits per heavy atom. The summed E-state index contributed by atoms with van der Waals surface area (Å²) in [4.78, 5) is 0. The van der Waals surface area contributed by atoms with Crippen molar-refractivity contribution < 1.29 is 5.11 Å². The third-order valence-corrected chi connectivity index (χ3v) is 6.58. The molecule has 0 spiro atoms. The quantitative estimate of drug-likeness (QED) is 0.776. The predicted molar refractivity (Wildman–Crippen MR) is 83.6 cm³/mol. The second-order valence-electron chi connectivity index (χ2n) is 8.63. The minimum absolute atomic E-state index is 0.536. The summed E-state index contributed by atoms with van der Waals surface area (Å²) in [6.07, 6.45) is 10.8. The molecule has 0 heterocycles. The van der Waals surface area contributed by atoms with Gasteiger partial charge in [0.15, 0.2) is 0 Å². The Balaban J connectivity index is 1.61. The Kier molecular flexibility index (Phi) is 3.92. The molecule has 0 aromatic rings. The third kappa shape index (κ3) is 2.78. The van der Waals surface area contributed by atoms with Crippen molar-refractivity contribution in [3.05, 3.63) is 0 Å². The van der Waals surface area contributed by atoms with Gasteiger partial charge in [0.2, 0.25) is 0 Å². The summed E-state index contributed by atoms with van der Waals surface area (Å²) in [7, 11) is 0. The molecule has 2 atom stereocenters. The average molecular weight is 279 g/mol. The minimum Gasteiger partial charge on any atom is -0.389 e. The van der Waals surface area contributed by atoms with E-state index in [1.54, 1.807) is 0 Å². The van der Waals surface area contributed by atoms with Gasteiger partial charge < -0.3 is 10.4 Å². The van der Waals surface area contributed by atoms with E-state index in [1.165, 1.54) is 38.5 Å². The molecule has 2 unspecified atom stereocenters. The van der Waals surface area contributed by atoms with Gasteiger partial charge in [-0.3, -0.25) is 0 Å². The second kappa shape index (κ2) is 5.28. The normalized spacial score (nSPS) is 43.5. The van der Waals surface area contributed by atoms with Gasteiger partial charge >= 0.3 is 0 Å². The van der Waals surface area contributed by atoms with Crippen molar-refractivity contribution in [3.63, 3.8) is 0 Å². The van der Waals surface area contributed by atoms with Gasteiger partial charge in [0.05, 0.1) is 5.60 Å². The highest BCUT2D eigenvalue weighted by Crippen LogP contribution is 2.61. The van der Waals surface area contributed by atoms with E-state index in [0.717, 1.165) is 37.1 Å². The molecule has 2 N–H and O–H groups in total. The Hall–Kier alpha value is -0.0800. The molecular weight excluding hydrogens is 246 g/mol. The molecule has 0 amide bonds. The van der Waals surface area contributed by atoms with Crippen LogP contribution in [0.4, 0.5) is 0 Å². The van der Waals surface area contributed by atoms with Gasteiger partial charge in [0.1, 0.15) is 0 Å². The molecule has 0 aliphatic heterocycles. The summed E-state index contributed by atoms with van der Waals surface area (Å²) in [6, 6.07) is 0.569. The van der Waals surface area contributed by atoms with Crippen LogP contribution in [0, 0.1) is 23.2 Å². The predicted octanol–water partition coefficient (Wildman–Crippen LogP) is 3.73. The first-order valence-corrected chi connectivity index (χ1v) is 8.88. The monoisotopic (exact) mass is 279 g/mol. The SMILES string of the molecule is CCCC(C)(O)CNC(C)C12CC3CC(CC(C3)C1)C2. The van der Waals surface area contributed by atoms with Crippen LogP contribution in [0.15, 0.2) is 0 Å². The summed E-state index contributed by atoms with van der Waals surface area (Å²) < 4.78 is 0. The summed E-state index contributed by atoms with van der Waals surface area (Å²) >= 11 is 0. The minimum atomic E-state index is -0.536. The molecule has 2 nitrogen and oxygen atoms in total. The fourth-order valence-corrected chi connectivity index (χ4v) is 5.92. The lowest BCUT2D eigenvalue weighted by Crippen LogP contribution is -2.56. The van der Waals surface area contributed by atoms with Crippen LogP contribution in [0.3, 0.4) is 0 Å². The molecule has 116 valence electrons. The van der Waals surface area contributed by atoms with Crippen molar-refractivity contribution in [2.24, 2.45) is 23.2 Å². The van der Waals surface area contributed by atoms with E-state index in [4.69, 9.17) is 0 Å². The maximum atomic E-state index is 10.4. The summed E-state index contributed by atoms with van der Waals surface area (Å²) in [5.41, 5.74) is 0.0162. The van der Waals surface area contributed by atoms with E-state index in [0.29, 0.717) is 11.5 Å². The molecule has 20 heavy (non-hydrogen) atoms. The lowest BCUT2D eigenvalue weighted by atomic mass is 9.48. The molecule has 0 radical (unpaired) electrons. The van der Waals surface area contributed by atoms with Gasteiger partial charge in [-0.15, -0.1) is 0 Å².